The van der Waals surface area contributed by atoms with Crippen molar-refractivity contribution in [1.29, 1.82) is 0 Å². The fourth-order valence-corrected chi connectivity index (χ4v) is 3.68. The Bertz CT molecular complexity index is 782. The SMILES string of the molecule is Cc1nc(NC2CCC(C)CC2)nc(OC2COC2)c1-c1ccc(O)cc1. The van der Waals surface area contributed by atoms with Crippen LogP contribution in [0, 0.1) is 12.8 Å². The van der Waals surface area contributed by atoms with Crippen molar-refractivity contribution in [2.75, 3.05) is 18.5 Å². The van der Waals surface area contributed by atoms with Gasteiger partial charge in [-0.05, 0) is 56.2 Å². The summed E-state index contributed by atoms with van der Waals surface area (Å²) < 4.78 is 11.4. The van der Waals surface area contributed by atoms with E-state index in [4.69, 9.17) is 19.4 Å². The summed E-state index contributed by atoms with van der Waals surface area (Å²) in [5.74, 6) is 2.25. The van der Waals surface area contributed by atoms with Crippen LogP contribution in [0.5, 0.6) is 11.6 Å². The normalized spacial score (nSPS) is 22.9. The lowest BCUT2D eigenvalue weighted by Crippen LogP contribution is -2.39. The molecule has 144 valence electrons. The largest absolute Gasteiger partial charge is 0.508 e. The summed E-state index contributed by atoms with van der Waals surface area (Å²) in [7, 11) is 0. The van der Waals surface area contributed by atoms with Crippen molar-refractivity contribution in [3.8, 4) is 22.8 Å². The summed E-state index contributed by atoms with van der Waals surface area (Å²) in [6.07, 6.45) is 4.81. The topological polar surface area (TPSA) is 76.5 Å². The average molecular weight is 369 g/mol. The van der Waals surface area contributed by atoms with E-state index in [0.29, 0.717) is 31.1 Å². The number of aromatic nitrogens is 2. The van der Waals surface area contributed by atoms with Crippen LogP contribution in [-0.4, -0.2) is 40.4 Å². The first kappa shape index (κ1) is 18.0. The Morgan fingerprint density at radius 3 is 2.41 bits per heavy atom. The lowest BCUT2D eigenvalue weighted by Gasteiger charge is -2.29. The highest BCUT2D eigenvalue weighted by atomic mass is 16.6. The summed E-state index contributed by atoms with van der Waals surface area (Å²) in [5.41, 5.74) is 2.65. The van der Waals surface area contributed by atoms with Gasteiger partial charge in [-0.1, -0.05) is 19.1 Å². The molecule has 1 aliphatic carbocycles. The second kappa shape index (κ2) is 7.72. The molecule has 4 rings (SSSR count). The van der Waals surface area contributed by atoms with Crippen LogP contribution >= 0.6 is 0 Å². The summed E-state index contributed by atoms with van der Waals surface area (Å²) in [6, 6.07) is 7.47. The van der Waals surface area contributed by atoms with E-state index in [1.807, 2.05) is 19.1 Å². The molecule has 0 atom stereocenters. The van der Waals surface area contributed by atoms with Crippen molar-refractivity contribution >= 4 is 5.95 Å². The molecule has 2 heterocycles. The van der Waals surface area contributed by atoms with E-state index in [1.165, 1.54) is 12.8 Å². The molecule has 0 unspecified atom stereocenters. The molecule has 6 heteroatoms. The minimum absolute atomic E-state index is 0.0264. The van der Waals surface area contributed by atoms with Gasteiger partial charge in [0.2, 0.25) is 11.8 Å². The number of phenols is 1. The third-order valence-electron chi connectivity index (χ3n) is 5.45. The number of benzene rings is 1. The van der Waals surface area contributed by atoms with Crippen LogP contribution in [0.2, 0.25) is 0 Å². The third kappa shape index (κ3) is 4.16. The summed E-state index contributed by atoms with van der Waals surface area (Å²) in [4.78, 5) is 9.41. The molecular formula is C21H27N3O3. The Hall–Kier alpha value is -2.34. The standard InChI is InChI=1S/C21H27N3O3/c1-13-3-7-16(8-4-13)23-21-22-14(2)19(15-5-9-17(25)10-6-15)20(24-21)27-18-11-26-12-18/h5-6,9-10,13,16,18,25H,3-4,7-8,11-12H2,1-2H3,(H,22,23,24). The van der Waals surface area contributed by atoms with Gasteiger partial charge in [-0.15, -0.1) is 0 Å². The van der Waals surface area contributed by atoms with E-state index < -0.39 is 0 Å². The van der Waals surface area contributed by atoms with E-state index in [9.17, 15) is 5.11 Å². The molecule has 6 nitrogen and oxygen atoms in total. The van der Waals surface area contributed by atoms with Crippen LogP contribution in [0.15, 0.2) is 24.3 Å². The van der Waals surface area contributed by atoms with Gasteiger partial charge in [0.25, 0.3) is 0 Å². The average Bonchev–Trinajstić information content (AvgIpc) is 2.61. The Morgan fingerprint density at radius 1 is 1.07 bits per heavy atom. The Kier molecular flexibility index (Phi) is 5.16. The van der Waals surface area contributed by atoms with Gasteiger partial charge in [-0.3, -0.25) is 0 Å². The van der Waals surface area contributed by atoms with Gasteiger partial charge in [0.15, 0.2) is 0 Å². The van der Waals surface area contributed by atoms with Gasteiger partial charge in [0.1, 0.15) is 11.9 Å². The van der Waals surface area contributed by atoms with Crippen LogP contribution in [0.25, 0.3) is 11.1 Å². The van der Waals surface area contributed by atoms with Crippen molar-refractivity contribution in [3.63, 3.8) is 0 Å². The molecule has 1 aliphatic heterocycles. The number of ether oxygens (including phenoxy) is 2. The highest BCUT2D eigenvalue weighted by Gasteiger charge is 2.25. The van der Waals surface area contributed by atoms with Crippen molar-refractivity contribution in [3.05, 3.63) is 30.0 Å². The number of rotatable bonds is 5. The van der Waals surface area contributed by atoms with E-state index in [-0.39, 0.29) is 11.9 Å². The fraction of sp³-hybridized carbons (Fsp3) is 0.524. The Balaban J connectivity index is 1.62. The number of nitrogens with one attached hydrogen (secondary N) is 1. The molecule has 0 bridgehead atoms. The molecule has 1 saturated carbocycles. The molecule has 0 spiro atoms. The van der Waals surface area contributed by atoms with Gasteiger partial charge in [-0.2, -0.15) is 4.98 Å². The van der Waals surface area contributed by atoms with Crippen molar-refractivity contribution in [2.45, 2.75) is 51.7 Å². The van der Waals surface area contributed by atoms with Crippen LogP contribution in [0.1, 0.15) is 38.3 Å². The van der Waals surface area contributed by atoms with Crippen LogP contribution in [0.3, 0.4) is 0 Å². The Morgan fingerprint density at radius 2 is 1.78 bits per heavy atom. The molecule has 2 aliphatic rings. The lowest BCUT2D eigenvalue weighted by atomic mass is 9.87. The van der Waals surface area contributed by atoms with Gasteiger partial charge < -0.3 is 19.9 Å². The molecule has 1 aromatic carbocycles. The first-order valence-corrected chi connectivity index (χ1v) is 9.77. The van der Waals surface area contributed by atoms with Gasteiger partial charge in [-0.25, -0.2) is 4.98 Å². The molecule has 2 aromatic rings. The zero-order chi connectivity index (χ0) is 18.8. The van der Waals surface area contributed by atoms with Gasteiger partial charge >= 0.3 is 0 Å². The maximum atomic E-state index is 9.59. The van der Waals surface area contributed by atoms with Gasteiger partial charge in [0, 0.05) is 6.04 Å². The monoisotopic (exact) mass is 369 g/mol. The number of aryl methyl sites for hydroxylation is 1. The molecule has 1 saturated heterocycles. The smallest absolute Gasteiger partial charge is 0.226 e. The van der Waals surface area contributed by atoms with Gasteiger partial charge in [0.05, 0.1) is 24.5 Å². The van der Waals surface area contributed by atoms with E-state index in [1.54, 1.807) is 12.1 Å². The van der Waals surface area contributed by atoms with Crippen molar-refractivity contribution < 1.29 is 14.6 Å². The van der Waals surface area contributed by atoms with Crippen LogP contribution in [0.4, 0.5) is 5.95 Å². The number of hydrogen-bond acceptors (Lipinski definition) is 6. The van der Waals surface area contributed by atoms with E-state index in [2.05, 4.69) is 12.2 Å². The van der Waals surface area contributed by atoms with Crippen molar-refractivity contribution in [2.24, 2.45) is 5.92 Å². The maximum Gasteiger partial charge on any atom is 0.226 e. The summed E-state index contributed by atoms with van der Waals surface area (Å²) >= 11 is 0. The first-order valence-electron chi connectivity index (χ1n) is 9.77. The first-order chi connectivity index (χ1) is 13.1. The predicted octanol–water partition coefficient (Wildman–Crippen LogP) is 3.93. The lowest BCUT2D eigenvalue weighted by molar-refractivity contribution is -0.0811. The van der Waals surface area contributed by atoms with Crippen LogP contribution in [-0.2, 0) is 4.74 Å². The zero-order valence-electron chi connectivity index (χ0n) is 15.9. The quantitative estimate of drug-likeness (QED) is 0.832. The molecule has 2 fully saturated rings. The van der Waals surface area contributed by atoms with Crippen molar-refractivity contribution in [1.82, 2.24) is 9.97 Å². The van der Waals surface area contributed by atoms with E-state index >= 15 is 0 Å². The molecule has 27 heavy (non-hydrogen) atoms. The minimum Gasteiger partial charge on any atom is -0.508 e. The van der Waals surface area contributed by atoms with E-state index in [0.717, 1.165) is 35.6 Å². The number of anilines is 1. The predicted molar refractivity (Wildman–Crippen MR) is 104 cm³/mol. The molecular weight excluding hydrogens is 342 g/mol. The van der Waals surface area contributed by atoms with Crippen LogP contribution < -0.4 is 10.1 Å². The second-order valence-corrected chi connectivity index (χ2v) is 7.74. The second-order valence-electron chi connectivity index (χ2n) is 7.74. The maximum absolute atomic E-state index is 9.59. The number of aromatic hydroxyl groups is 1. The molecule has 1 aromatic heterocycles. The molecule has 2 N–H and O–H groups in total. The zero-order valence-corrected chi connectivity index (χ0v) is 15.9. The summed E-state index contributed by atoms with van der Waals surface area (Å²) in [6.45, 7) is 5.46. The number of phenolic OH excluding ortho intramolecular Hbond substituents is 1. The number of nitrogens with zero attached hydrogens (tertiary/aromatic N) is 2. The molecule has 0 radical (unpaired) electrons. The fourth-order valence-electron chi connectivity index (χ4n) is 3.68. The Labute approximate surface area is 160 Å². The molecule has 0 amide bonds. The number of hydrogen-bond donors (Lipinski definition) is 2. The summed E-state index contributed by atoms with van der Waals surface area (Å²) in [5, 5.41) is 13.1. The highest BCUT2D eigenvalue weighted by molar-refractivity contribution is 5.72. The highest BCUT2D eigenvalue weighted by Crippen LogP contribution is 2.34. The third-order valence-corrected chi connectivity index (χ3v) is 5.45. The minimum atomic E-state index is 0.0264.